The summed E-state index contributed by atoms with van der Waals surface area (Å²) in [6.07, 6.45) is 3.54. The van der Waals surface area contributed by atoms with Crippen LogP contribution in [-0.4, -0.2) is 19.7 Å². The third kappa shape index (κ3) is 1.15. The molecule has 4 heteroatoms. The summed E-state index contributed by atoms with van der Waals surface area (Å²) in [5.74, 6) is 0.812. The van der Waals surface area contributed by atoms with Crippen molar-refractivity contribution in [3.63, 3.8) is 0 Å². The molecule has 0 aliphatic carbocycles. The Hall–Kier alpha value is -2.10. The number of hydrogen-bond donors (Lipinski definition) is 1. The largest absolute Gasteiger partial charge is 0.343 e. The van der Waals surface area contributed by atoms with Gasteiger partial charge in [0, 0.05) is 24.8 Å². The van der Waals surface area contributed by atoms with Gasteiger partial charge in [0.1, 0.15) is 5.69 Å². The molecule has 0 fully saturated rings. The molecule has 3 aromatic rings. The summed E-state index contributed by atoms with van der Waals surface area (Å²) in [5, 5.41) is 5.58. The second kappa shape index (κ2) is 2.95. The van der Waals surface area contributed by atoms with Gasteiger partial charge in [0.15, 0.2) is 5.82 Å². The molecule has 0 amide bonds. The molecule has 4 nitrogen and oxygen atoms in total. The Morgan fingerprint density at radius 3 is 2.93 bits per heavy atom. The number of imidazole rings is 1. The molecule has 0 aliphatic rings. The van der Waals surface area contributed by atoms with Gasteiger partial charge in [0.2, 0.25) is 0 Å². The van der Waals surface area contributed by atoms with E-state index in [1.165, 1.54) is 0 Å². The van der Waals surface area contributed by atoms with E-state index in [1.807, 2.05) is 23.9 Å². The fourth-order valence-corrected chi connectivity index (χ4v) is 1.78. The van der Waals surface area contributed by atoms with Gasteiger partial charge in [0.25, 0.3) is 0 Å². The number of nitrogens with one attached hydrogen (secondary N) is 1. The van der Waals surface area contributed by atoms with Crippen LogP contribution in [0.3, 0.4) is 0 Å². The lowest BCUT2D eigenvalue weighted by Crippen LogP contribution is -1.89. The molecule has 3 rings (SSSR count). The predicted molar refractivity (Wildman–Crippen MR) is 58.3 cm³/mol. The Morgan fingerprint density at radius 1 is 1.27 bits per heavy atom. The number of para-hydroxylation sites is 1. The molecule has 74 valence electrons. The topological polar surface area (TPSA) is 46.5 Å². The highest BCUT2D eigenvalue weighted by Gasteiger charge is 2.10. The summed E-state index contributed by atoms with van der Waals surface area (Å²) in [6, 6.07) is 8.13. The summed E-state index contributed by atoms with van der Waals surface area (Å²) in [5.41, 5.74) is 2.02. The summed E-state index contributed by atoms with van der Waals surface area (Å²) in [6.45, 7) is 0. The number of benzene rings is 1. The monoisotopic (exact) mass is 198 g/mol. The Labute approximate surface area is 86.6 Å². The number of hydrogen-bond acceptors (Lipinski definition) is 2. The van der Waals surface area contributed by atoms with Crippen molar-refractivity contribution in [2.24, 2.45) is 7.05 Å². The van der Waals surface area contributed by atoms with E-state index in [4.69, 9.17) is 0 Å². The molecule has 0 atom stereocenters. The molecule has 0 aliphatic heterocycles. The molecule has 0 saturated heterocycles. The summed E-state index contributed by atoms with van der Waals surface area (Å²) in [7, 11) is 1.94. The molecule has 2 aromatic heterocycles. The second-order valence-electron chi connectivity index (χ2n) is 3.43. The summed E-state index contributed by atoms with van der Waals surface area (Å²) in [4.78, 5) is 7.29. The van der Waals surface area contributed by atoms with Crippen LogP contribution in [0.5, 0.6) is 0 Å². The average molecular weight is 198 g/mol. The second-order valence-corrected chi connectivity index (χ2v) is 3.43. The van der Waals surface area contributed by atoms with Crippen molar-refractivity contribution in [2.45, 2.75) is 0 Å². The molecule has 0 spiro atoms. The van der Waals surface area contributed by atoms with Crippen LogP contribution in [0.2, 0.25) is 0 Å². The third-order valence-electron chi connectivity index (χ3n) is 2.48. The van der Waals surface area contributed by atoms with E-state index in [2.05, 4.69) is 27.2 Å². The molecular formula is C11H10N4. The molecule has 1 aromatic carbocycles. The van der Waals surface area contributed by atoms with Crippen molar-refractivity contribution in [2.75, 3.05) is 0 Å². The van der Waals surface area contributed by atoms with Crippen LogP contribution in [-0.2, 0) is 7.05 Å². The van der Waals surface area contributed by atoms with Crippen LogP contribution < -0.4 is 0 Å². The zero-order chi connectivity index (χ0) is 10.3. The number of aryl methyl sites for hydroxylation is 1. The quantitative estimate of drug-likeness (QED) is 0.649. The highest BCUT2D eigenvalue weighted by molar-refractivity contribution is 5.91. The first-order valence-electron chi connectivity index (χ1n) is 4.78. The van der Waals surface area contributed by atoms with E-state index in [1.54, 1.807) is 12.4 Å². The van der Waals surface area contributed by atoms with Crippen LogP contribution in [0, 0.1) is 0 Å². The number of rotatable bonds is 1. The van der Waals surface area contributed by atoms with Gasteiger partial charge in [0.05, 0.1) is 5.52 Å². The fourth-order valence-electron chi connectivity index (χ4n) is 1.78. The minimum Gasteiger partial charge on any atom is -0.343 e. The van der Waals surface area contributed by atoms with E-state index < -0.39 is 0 Å². The van der Waals surface area contributed by atoms with Crippen molar-refractivity contribution in [1.82, 2.24) is 19.7 Å². The third-order valence-corrected chi connectivity index (χ3v) is 2.48. The van der Waals surface area contributed by atoms with Gasteiger partial charge in [-0.2, -0.15) is 5.10 Å². The maximum atomic E-state index is 4.46. The smallest absolute Gasteiger partial charge is 0.158 e. The van der Waals surface area contributed by atoms with Gasteiger partial charge in [-0.1, -0.05) is 18.2 Å². The Morgan fingerprint density at radius 2 is 2.13 bits per heavy atom. The minimum absolute atomic E-state index is 0.812. The van der Waals surface area contributed by atoms with Gasteiger partial charge in [-0.15, -0.1) is 0 Å². The zero-order valence-corrected chi connectivity index (χ0v) is 8.31. The highest BCUT2D eigenvalue weighted by Crippen LogP contribution is 2.24. The van der Waals surface area contributed by atoms with E-state index in [0.717, 1.165) is 22.4 Å². The summed E-state index contributed by atoms with van der Waals surface area (Å²) >= 11 is 0. The average Bonchev–Trinajstić information content (AvgIpc) is 2.87. The standard InChI is InChI=1S/C11H10N4/c1-15-9-5-3-2-4-8(9)10(14-15)11-12-6-7-13-11/h2-7H,1H3,(H,12,13). The maximum Gasteiger partial charge on any atom is 0.158 e. The number of nitrogens with zero attached hydrogens (tertiary/aromatic N) is 3. The lowest BCUT2D eigenvalue weighted by Gasteiger charge is -1.91. The van der Waals surface area contributed by atoms with Gasteiger partial charge >= 0.3 is 0 Å². The SMILES string of the molecule is Cn1nc(-c2ncc[nH]2)c2ccccc21. The lowest BCUT2D eigenvalue weighted by atomic mass is 10.2. The van der Waals surface area contributed by atoms with Gasteiger partial charge in [-0.05, 0) is 6.07 Å². The van der Waals surface area contributed by atoms with E-state index in [0.29, 0.717) is 0 Å². The van der Waals surface area contributed by atoms with Crippen molar-refractivity contribution >= 4 is 10.9 Å². The first kappa shape index (κ1) is 8.23. The molecule has 15 heavy (non-hydrogen) atoms. The fraction of sp³-hybridized carbons (Fsp3) is 0.0909. The van der Waals surface area contributed by atoms with Crippen molar-refractivity contribution in [3.05, 3.63) is 36.7 Å². The zero-order valence-electron chi connectivity index (χ0n) is 8.31. The Balaban J connectivity index is 2.37. The first-order valence-corrected chi connectivity index (χ1v) is 4.78. The van der Waals surface area contributed by atoms with Crippen molar-refractivity contribution < 1.29 is 0 Å². The number of aromatic amines is 1. The molecule has 2 heterocycles. The Bertz CT molecular complexity index is 592. The van der Waals surface area contributed by atoms with Crippen LogP contribution in [0.25, 0.3) is 22.4 Å². The molecular weight excluding hydrogens is 188 g/mol. The minimum atomic E-state index is 0.812. The van der Waals surface area contributed by atoms with Crippen LogP contribution in [0.15, 0.2) is 36.7 Å². The van der Waals surface area contributed by atoms with Gasteiger partial charge in [-0.25, -0.2) is 4.98 Å². The first-order chi connectivity index (χ1) is 7.36. The van der Waals surface area contributed by atoms with E-state index in [9.17, 15) is 0 Å². The number of H-pyrrole nitrogens is 1. The molecule has 1 N–H and O–H groups in total. The number of fused-ring (bicyclic) bond motifs is 1. The van der Waals surface area contributed by atoms with Gasteiger partial charge in [-0.3, -0.25) is 4.68 Å². The molecule has 0 unspecified atom stereocenters. The molecule has 0 radical (unpaired) electrons. The van der Waals surface area contributed by atoms with Crippen molar-refractivity contribution in [1.29, 1.82) is 0 Å². The van der Waals surface area contributed by atoms with Crippen LogP contribution in [0.1, 0.15) is 0 Å². The normalized spacial score (nSPS) is 11.0. The maximum absolute atomic E-state index is 4.46. The lowest BCUT2D eigenvalue weighted by molar-refractivity contribution is 0.798. The van der Waals surface area contributed by atoms with Crippen molar-refractivity contribution in [3.8, 4) is 11.5 Å². The Kier molecular flexibility index (Phi) is 1.62. The summed E-state index contributed by atoms with van der Waals surface area (Å²) < 4.78 is 1.87. The van der Waals surface area contributed by atoms with Crippen LogP contribution >= 0.6 is 0 Å². The number of aromatic nitrogens is 4. The molecule has 0 saturated carbocycles. The van der Waals surface area contributed by atoms with Gasteiger partial charge < -0.3 is 4.98 Å². The predicted octanol–water partition coefficient (Wildman–Crippen LogP) is 1.96. The highest BCUT2D eigenvalue weighted by atomic mass is 15.3. The van der Waals surface area contributed by atoms with E-state index >= 15 is 0 Å². The van der Waals surface area contributed by atoms with Crippen LogP contribution in [0.4, 0.5) is 0 Å². The van der Waals surface area contributed by atoms with E-state index in [-0.39, 0.29) is 0 Å². The molecule has 0 bridgehead atoms.